The molecule has 1 aromatic rings. The summed E-state index contributed by atoms with van der Waals surface area (Å²) in [5, 5.41) is 10.7. The first-order valence-corrected chi connectivity index (χ1v) is 4.60. The average Bonchev–Trinajstić information content (AvgIpc) is 2.16. The van der Waals surface area contributed by atoms with Gasteiger partial charge in [-0.1, -0.05) is 6.07 Å². The fourth-order valence-electron chi connectivity index (χ4n) is 1.18. The summed E-state index contributed by atoms with van der Waals surface area (Å²) < 4.78 is 0. The molecule has 1 rings (SSSR count). The average molecular weight is 215 g/mol. The van der Waals surface area contributed by atoms with Gasteiger partial charge in [0.05, 0.1) is 4.92 Å². The van der Waals surface area contributed by atoms with Crippen LogP contribution < -0.4 is 4.90 Å². The van der Waals surface area contributed by atoms with Crippen LogP contribution in [0.3, 0.4) is 0 Å². The molecule has 0 saturated heterocycles. The van der Waals surface area contributed by atoms with E-state index in [0.29, 0.717) is 5.69 Å². The van der Waals surface area contributed by atoms with E-state index in [0.717, 1.165) is 5.56 Å². The lowest BCUT2D eigenvalue weighted by atomic mass is 10.2. The Bertz CT molecular complexity index is 353. The summed E-state index contributed by atoms with van der Waals surface area (Å²) >= 11 is 5.60. The zero-order valence-electron chi connectivity index (χ0n) is 8.03. The molecule has 0 unspecified atom stereocenters. The maximum Gasteiger partial charge on any atom is 0.292 e. The zero-order chi connectivity index (χ0) is 10.7. The van der Waals surface area contributed by atoms with Crippen molar-refractivity contribution in [2.75, 3.05) is 19.0 Å². The van der Waals surface area contributed by atoms with E-state index in [1.807, 2.05) is 0 Å². The summed E-state index contributed by atoms with van der Waals surface area (Å²) in [6, 6.07) is 4.99. The Morgan fingerprint density at radius 1 is 1.50 bits per heavy atom. The van der Waals surface area contributed by atoms with E-state index >= 15 is 0 Å². The van der Waals surface area contributed by atoms with Gasteiger partial charge in [0, 0.05) is 26.0 Å². The van der Waals surface area contributed by atoms with Crippen LogP contribution >= 0.6 is 11.6 Å². The van der Waals surface area contributed by atoms with Crippen molar-refractivity contribution in [3.63, 3.8) is 0 Å². The van der Waals surface area contributed by atoms with Crippen molar-refractivity contribution >= 4 is 23.0 Å². The Kier molecular flexibility index (Phi) is 3.30. The predicted octanol–water partition coefficient (Wildman–Crippen LogP) is 2.40. The first kappa shape index (κ1) is 10.8. The number of nitro groups is 1. The van der Waals surface area contributed by atoms with Gasteiger partial charge >= 0.3 is 0 Å². The number of alkyl halides is 1. The molecule has 4 nitrogen and oxygen atoms in total. The summed E-state index contributed by atoms with van der Waals surface area (Å²) in [5.41, 5.74) is 1.43. The molecule has 0 amide bonds. The van der Waals surface area contributed by atoms with E-state index in [4.69, 9.17) is 11.6 Å². The van der Waals surface area contributed by atoms with E-state index in [1.165, 1.54) is 6.07 Å². The second-order valence-electron chi connectivity index (χ2n) is 3.11. The molecule has 5 heteroatoms. The number of halogens is 1. The number of nitrogens with zero attached hydrogens (tertiary/aromatic N) is 2. The van der Waals surface area contributed by atoms with Gasteiger partial charge in [0.2, 0.25) is 0 Å². The van der Waals surface area contributed by atoms with Gasteiger partial charge in [-0.15, -0.1) is 11.6 Å². The van der Waals surface area contributed by atoms with Gasteiger partial charge in [-0.2, -0.15) is 0 Å². The van der Waals surface area contributed by atoms with E-state index in [2.05, 4.69) is 0 Å². The van der Waals surface area contributed by atoms with E-state index in [-0.39, 0.29) is 11.6 Å². The van der Waals surface area contributed by atoms with Crippen molar-refractivity contribution < 1.29 is 4.92 Å². The number of benzene rings is 1. The normalized spacial score (nSPS) is 9.93. The number of anilines is 1. The molecule has 0 atom stereocenters. The second kappa shape index (κ2) is 4.28. The highest BCUT2D eigenvalue weighted by atomic mass is 35.5. The SMILES string of the molecule is CN(C)c1ccc(CCl)cc1[N+](=O)[O-]. The van der Waals surface area contributed by atoms with Crippen molar-refractivity contribution in [1.29, 1.82) is 0 Å². The summed E-state index contributed by atoms with van der Waals surface area (Å²) in [7, 11) is 3.53. The van der Waals surface area contributed by atoms with Crippen LogP contribution in [-0.2, 0) is 5.88 Å². The molecule has 0 bridgehead atoms. The molecule has 1 aromatic carbocycles. The quantitative estimate of drug-likeness (QED) is 0.441. The lowest BCUT2D eigenvalue weighted by molar-refractivity contribution is -0.384. The van der Waals surface area contributed by atoms with Crippen molar-refractivity contribution in [1.82, 2.24) is 0 Å². The van der Waals surface area contributed by atoms with Crippen LogP contribution in [0.2, 0.25) is 0 Å². The minimum Gasteiger partial charge on any atom is -0.372 e. The van der Waals surface area contributed by atoms with Crippen LogP contribution in [0.5, 0.6) is 0 Å². The number of hydrogen-bond acceptors (Lipinski definition) is 3. The number of hydrogen-bond donors (Lipinski definition) is 0. The third-order valence-corrected chi connectivity index (χ3v) is 2.18. The van der Waals surface area contributed by atoms with Gasteiger partial charge in [-0.25, -0.2) is 0 Å². The lowest BCUT2D eigenvalue weighted by Gasteiger charge is -2.12. The summed E-state index contributed by atoms with van der Waals surface area (Å²) in [5.74, 6) is 0.286. The predicted molar refractivity (Wildman–Crippen MR) is 57.0 cm³/mol. The molecule has 0 saturated carbocycles. The van der Waals surface area contributed by atoms with Crippen molar-refractivity contribution in [2.24, 2.45) is 0 Å². The third-order valence-electron chi connectivity index (χ3n) is 1.87. The Morgan fingerprint density at radius 2 is 2.14 bits per heavy atom. The van der Waals surface area contributed by atoms with E-state index in [1.54, 1.807) is 31.1 Å². The Morgan fingerprint density at radius 3 is 2.57 bits per heavy atom. The Balaban J connectivity index is 3.24. The molecule has 0 aliphatic heterocycles. The molecule has 0 aromatic heterocycles. The largest absolute Gasteiger partial charge is 0.372 e. The van der Waals surface area contributed by atoms with Gasteiger partial charge in [0.1, 0.15) is 5.69 Å². The van der Waals surface area contributed by atoms with Gasteiger partial charge in [-0.05, 0) is 11.6 Å². The van der Waals surface area contributed by atoms with Crippen molar-refractivity contribution in [2.45, 2.75) is 5.88 Å². The van der Waals surface area contributed by atoms with E-state index < -0.39 is 4.92 Å². The highest BCUT2D eigenvalue weighted by molar-refractivity contribution is 6.17. The summed E-state index contributed by atoms with van der Waals surface area (Å²) in [4.78, 5) is 12.0. The molecule has 14 heavy (non-hydrogen) atoms. The van der Waals surface area contributed by atoms with Crippen LogP contribution in [-0.4, -0.2) is 19.0 Å². The van der Waals surface area contributed by atoms with Gasteiger partial charge in [0.25, 0.3) is 5.69 Å². The maximum absolute atomic E-state index is 10.7. The highest BCUT2D eigenvalue weighted by Gasteiger charge is 2.15. The minimum atomic E-state index is -0.397. The van der Waals surface area contributed by atoms with Crippen LogP contribution in [0.1, 0.15) is 5.56 Å². The molecule has 0 fully saturated rings. The molecule has 0 heterocycles. The topological polar surface area (TPSA) is 46.4 Å². The first-order chi connectivity index (χ1) is 6.56. The fraction of sp³-hybridized carbons (Fsp3) is 0.333. The lowest BCUT2D eigenvalue weighted by Crippen LogP contribution is -2.11. The summed E-state index contributed by atoms with van der Waals surface area (Å²) in [6.07, 6.45) is 0. The first-order valence-electron chi connectivity index (χ1n) is 4.07. The molecule has 0 aliphatic carbocycles. The van der Waals surface area contributed by atoms with Crippen molar-refractivity contribution in [3.8, 4) is 0 Å². The smallest absolute Gasteiger partial charge is 0.292 e. The monoisotopic (exact) mass is 214 g/mol. The highest BCUT2D eigenvalue weighted by Crippen LogP contribution is 2.27. The van der Waals surface area contributed by atoms with Crippen molar-refractivity contribution in [3.05, 3.63) is 33.9 Å². The van der Waals surface area contributed by atoms with Gasteiger partial charge in [-0.3, -0.25) is 10.1 Å². The minimum absolute atomic E-state index is 0.0909. The molecular formula is C9H11ClN2O2. The van der Waals surface area contributed by atoms with Gasteiger partial charge in [0.15, 0.2) is 0 Å². The number of rotatable bonds is 3. The molecule has 76 valence electrons. The molecule has 0 aliphatic rings. The van der Waals surface area contributed by atoms with Crippen LogP contribution in [0.15, 0.2) is 18.2 Å². The fourth-order valence-corrected chi connectivity index (χ4v) is 1.34. The van der Waals surface area contributed by atoms with Crippen LogP contribution in [0.4, 0.5) is 11.4 Å². The second-order valence-corrected chi connectivity index (χ2v) is 3.38. The zero-order valence-corrected chi connectivity index (χ0v) is 8.78. The Labute approximate surface area is 87.2 Å². The maximum atomic E-state index is 10.7. The standard InChI is InChI=1S/C9H11ClN2O2/c1-11(2)8-4-3-7(6-10)5-9(8)12(13)14/h3-5H,6H2,1-2H3. The van der Waals surface area contributed by atoms with Crippen LogP contribution in [0.25, 0.3) is 0 Å². The Hall–Kier alpha value is -1.29. The van der Waals surface area contributed by atoms with Crippen LogP contribution in [0, 0.1) is 10.1 Å². The number of nitro benzene ring substituents is 1. The molecular weight excluding hydrogens is 204 g/mol. The molecule has 0 spiro atoms. The molecule has 0 radical (unpaired) electrons. The molecule has 0 N–H and O–H groups in total. The van der Waals surface area contributed by atoms with Gasteiger partial charge < -0.3 is 4.90 Å². The van der Waals surface area contributed by atoms with E-state index in [9.17, 15) is 10.1 Å². The third kappa shape index (κ3) is 2.14. The summed E-state index contributed by atoms with van der Waals surface area (Å²) in [6.45, 7) is 0.